The van der Waals surface area contributed by atoms with Crippen molar-refractivity contribution in [2.24, 2.45) is 0 Å². The monoisotopic (exact) mass is 274 g/mol. The first-order valence-electron chi connectivity index (χ1n) is 6.16. The minimum absolute atomic E-state index is 0.285. The Bertz CT molecular complexity index is 609. The minimum Gasteiger partial charge on any atom is -0.464 e. The van der Waals surface area contributed by atoms with Gasteiger partial charge in [-0.1, -0.05) is 24.3 Å². The van der Waals surface area contributed by atoms with E-state index in [-0.39, 0.29) is 6.04 Å². The molecule has 0 saturated heterocycles. The van der Waals surface area contributed by atoms with E-state index >= 15 is 0 Å². The maximum Gasteiger partial charge on any atom is 0.357 e. The fraction of sp³-hybridized carbons (Fsp3) is 0.286. The second-order valence-electron chi connectivity index (χ2n) is 4.46. The van der Waals surface area contributed by atoms with E-state index in [0.717, 1.165) is 18.0 Å². The van der Waals surface area contributed by atoms with Crippen LogP contribution in [-0.2, 0) is 11.2 Å². The lowest BCUT2D eigenvalue weighted by molar-refractivity contribution is 0.0595. The molecule has 0 aliphatic heterocycles. The van der Waals surface area contributed by atoms with Crippen LogP contribution in [-0.4, -0.2) is 18.1 Å². The number of benzene rings is 1. The van der Waals surface area contributed by atoms with Crippen molar-refractivity contribution < 1.29 is 9.53 Å². The van der Waals surface area contributed by atoms with Gasteiger partial charge in [-0.25, -0.2) is 9.78 Å². The van der Waals surface area contributed by atoms with E-state index in [2.05, 4.69) is 39.3 Å². The lowest BCUT2D eigenvalue weighted by atomic mass is 10.1. The molecule has 1 unspecified atom stereocenters. The van der Waals surface area contributed by atoms with Crippen LogP contribution in [0.3, 0.4) is 0 Å². The van der Waals surface area contributed by atoms with Crippen molar-refractivity contribution in [2.45, 2.75) is 18.9 Å². The van der Waals surface area contributed by atoms with Crippen molar-refractivity contribution in [1.29, 1.82) is 0 Å². The highest BCUT2D eigenvalue weighted by Gasteiger charge is 2.22. The Kier molecular flexibility index (Phi) is 3.21. The quantitative estimate of drug-likeness (QED) is 0.874. The molecule has 0 fully saturated rings. The predicted molar refractivity (Wildman–Crippen MR) is 74.6 cm³/mol. The predicted octanol–water partition coefficient (Wildman–Crippen LogP) is 3.03. The molecule has 19 heavy (non-hydrogen) atoms. The van der Waals surface area contributed by atoms with Crippen molar-refractivity contribution >= 4 is 22.4 Å². The second-order valence-corrected chi connectivity index (χ2v) is 5.32. The van der Waals surface area contributed by atoms with Gasteiger partial charge in [-0.05, 0) is 24.0 Å². The standard InChI is InChI=1S/C14H14N2O2S/c1-18-13(17)12-8-19-14(16-12)15-11-7-6-9-4-2-3-5-10(9)11/h2-5,8,11H,6-7H2,1H3,(H,15,16). The summed E-state index contributed by atoms with van der Waals surface area (Å²) in [5.41, 5.74) is 3.09. The van der Waals surface area contributed by atoms with Crippen LogP contribution in [0, 0.1) is 0 Å². The van der Waals surface area contributed by atoms with E-state index in [9.17, 15) is 4.79 Å². The normalized spacial score (nSPS) is 17.0. The molecule has 1 aliphatic carbocycles. The number of carbonyl (C=O) groups excluding carboxylic acids is 1. The summed E-state index contributed by atoms with van der Waals surface area (Å²) in [6.45, 7) is 0. The van der Waals surface area contributed by atoms with Crippen LogP contribution >= 0.6 is 11.3 Å². The van der Waals surface area contributed by atoms with Gasteiger partial charge in [0.05, 0.1) is 13.2 Å². The van der Waals surface area contributed by atoms with Gasteiger partial charge in [0.2, 0.25) is 0 Å². The van der Waals surface area contributed by atoms with Gasteiger partial charge < -0.3 is 10.1 Å². The summed E-state index contributed by atoms with van der Waals surface area (Å²) < 4.78 is 4.65. The zero-order chi connectivity index (χ0) is 13.2. The van der Waals surface area contributed by atoms with Crippen molar-refractivity contribution in [3.63, 3.8) is 0 Å². The van der Waals surface area contributed by atoms with Crippen LogP contribution in [0.4, 0.5) is 5.13 Å². The van der Waals surface area contributed by atoms with E-state index in [0.29, 0.717) is 5.69 Å². The number of nitrogens with one attached hydrogen (secondary N) is 1. The summed E-state index contributed by atoms with van der Waals surface area (Å²) in [6.07, 6.45) is 2.15. The number of rotatable bonds is 3. The molecule has 4 nitrogen and oxygen atoms in total. The maximum atomic E-state index is 11.4. The van der Waals surface area contributed by atoms with E-state index in [1.807, 2.05) is 0 Å². The molecule has 1 heterocycles. The Morgan fingerprint density at radius 2 is 2.32 bits per heavy atom. The molecule has 5 heteroatoms. The highest BCUT2D eigenvalue weighted by atomic mass is 32.1. The molecule has 1 N–H and O–H groups in total. The third-order valence-electron chi connectivity index (χ3n) is 3.33. The van der Waals surface area contributed by atoms with Crippen LogP contribution in [0.5, 0.6) is 0 Å². The smallest absolute Gasteiger partial charge is 0.357 e. The molecule has 3 rings (SSSR count). The van der Waals surface area contributed by atoms with E-state index in [1.54, 1.807) is 5.38 Å². The number of hydrogen-bond donors (Lipinski definition) is 1. The lowest BCUT2D eigenvalue weighted by Gasteiger charge is -2.12. The number of nitrogens with zero attached hydrogens (tertiary/aromatic N) is 1. The van der Waals surface area contributed by atoms with Crippen molar-refractivity contribution in [2.75, 3.05) is 12.4 Å². The maximum absolute atomic E-state index is 11.4. The average molecular weight is 274 g/mol. The first-order chi connectivity index (χ1) is 9.28. The van der Waals surface area contributed by atoms with E-state index in [4.69, 9.17) is 0 Å². The third kappa shape index (κ3) is 2.33. The Balaban J connectivity index is 1.76. The van der Waals surface area contributed by atoms with Crippen LogP contribution in [0.15, 0.2) is 29.6 Å². The number of fused-ring (bicyclic) bond motifs is 1. The average Bonchev–Trinajstić information content (AvgIpc) is 3.06. The first-order valence-corrected chi connectivity index (χ1v) is 7.04. The van der Waals surface area contributed by atoms with Gasteiger partial charge in [0.15, 0.2) is 10.8 Å². The third-order valence-corrected chi connectivity index (χ3v) is 4.10. The van der Waals surface area contributed by atoms with Crippen LogP contribution in [0.25, 0.3) is 0 Å². The number of anilines is 1. The minimum atomic E-state index is -0.392. The van der Waals surface area contributed by atoms with Crippen molar-refractivity contribution in [3.05, 3.63) is 46.5 Å². The number of aryl methyl sites for hydroxylation is 1. The Morgan fingerprint density at radius 3 is 3.16 bits per heavy atom. The molecule has 2 aromatic rings. The van der Waals surface area contributed by atoms with Gasteiger partial charge in [-0.2, -0.15) is 0 Å². The fourth-order valence-electron chi connectivity index (χ4n) is 2.39. The molecular formula is C14H14N2O2S. The van der Waals surface area contributed by atoms with E-state index < -0.39 is 5.97 Å². The molecule has 1 aliphatic rings. The summed E-state index contributed by atoms with van der Waals surface area (Å²) in [4.78, 5) is 15.6. The summed E-state index contributed by atoms with van der Waals surface area (Å²) in [5.74, 6) is -0.392. The van der Waals surface area contributed by atoms with Crippen molar-refractivity contribution in [3.8, 4) is 0 Å². The number of aromatic nitrogens is 1. The molecule has 1 aromatic carbocycles. The summed E-state index contributed by atoms with van der Waals surface area (Å²) in [5, 5.41) is 5.88. The fourth-order valence-corrected chi connectivity index (χ4v) is 3.13. The molecule has 0 spiro atoms. The van der Waals surface area contributed by atoms with Gasteiger partial charge in [0, 0.05) is 5.38 Å². The highest BCUT2D eigenvalue weighted by molar-refractivity contribution is 7.13. The largest absolute Gasteiger partial charge is 0.464 e. The van der Waals surface area contributed by atoms with E-state index in [1.165, 1.54) is 29.6 Å². The Hall–Kier alpha value is -1.88. The number of methoxy groups -OCH3 is 1. The summed E-state index contributed by atoms with van der Waals surface area (Å²) >= 11 is 1.43. The highest BCUT2D eigenvalue weighted by Crippen LogP contribution is 2.34. The van der Waals surface area contributed by atoms with Crippen LogP contribution in [0.1, 0.15) is 34.1 Å². The molecule has 0 radical (unpaired) electrons. The van der Waals surface area contributed by atoms with Crippen LogP contribution < -0.4 is 5.32 Å². The SMILES string of the molecule is COC(=O)c1csc(NC2CCc3ccccc32)n1. The molecule has 0 bridgehead atoms. The molecule has 1 aromatic heterocycles. The van der Waals surface area contributed by atoms with Crippen LogP contribution in [0.2, 0.25) is 0 Å². The Morgan fingerprint density at radius 1 is 1.47 bits per heavy atom. The number of ether oxygens (including phenoxy) is 1. The summed E-state index contributed by atoms with van der Waals surface area (Å²) in [7, 11) is 1.36. The number of thiazole rings is 1. The first kappa shape index (κ1) is 12.2. The summed E-state index contributed by atoms with van der Waals surface area (Å²) in [6, 6.07) is 8.72. The molecule has 1 atom stereocenters. The van der Waals surface area contributed by atoms with Gasteiger partial charge in [-0.15, -0.1) is 11.3 Å². The van der Waals surface area contributed by atoms with Gasteiger partial charge >= 0.3 is 5.97 Å². The van der Waals surface area contributed by atoms with Gasteiger partial charge in [0.25, 0.3) is 0 Å². The van der Waals surface area contributed by atoms with Crippen molar-refractivity contribution in [1.82, 2.24) is 4.98 Å². The van der Waals surface area contributed by atoms with Gasteiger partial charge in [0.1, 0.15) is 0 Å². The zero-order valence-corrected chi connectivity index (χ0v) is 11.4. The van der Waals surface area contributed by atoms with Gasteiger partial charge in [-0.3, -0.25) is 0 Å². The topological polar surface area (TPSA) is 51.2 Å². The zero-order valence-electron chi connectivity index (χ0n) is 10.6. The number of esters is 1. The molecule has 98 valence electrons. The second kappa shape index (κ2) is 5.01. The molecule has 0 amide bonds. The number of carbonyl (C=O) groups is 1. The Labute approximate surface area is 115 Å². The molecular weight excluding hydrogens is 260 g/mol. The number of hydrogen-bond acceptors (Lipinski definition) is 5. The lowest BCUT2D eigenvalue weighted by Crippen LogP contribution is -2.07. The molecule has 0 saturated carbocycles.